The highest BCUT2D eigenvalue weighted by atomic mass is 19.1. The molecule has 0 spiro atoms. The first-order chi connectivity index (χ1) is 12.1. The third kappa shape index (κ3) is 4.62. The Morgan fingerprint density at radius 3 is 2.72 bits per heavy atom. The predicted molar refractivity (Wildman–Crippen MR) is 92.4 cm³/mol. The SMILES string of the molecule is CN(Cc1ccc2c(c1)OCCO2)C(=O)NCCc1cccc(F)c1. The van der Waals surface area contributed by atoms with E-state index in [1.807, 2.05) is 24.3 Å². The fourth-order valence-corrected chi connectivity index (χ4v) is 2.67. The van der Waals surface area contributed by atoms with Crippen molar-refractivity contribution in [1.29, 1.82) is 0 Å². The molecule has 132 valence electrons. The van der Waals surface area contributed by atoms with E-state index in [-0.39, 0.29) is 11.8 Å². The molecule has 3 rings (SSSR count). The standard InChI is InChI=1S/C19H21FN2O3/c1-22(13-15-5-6-17-18(12-15)25-10-9-24-17)19(23)21-8-7-14-3-2-4-16(20)11-14/h2-6,11-12H,7-10,13H2,1H3,(H,21,23). The van der Waals surface area contributed by atoms with Crippen molar-refractivity contribution in [2.45, 2.75) is 13.0 Å². The smallest absolute Gasteiger partial charge is 0.317 e. The largest absolute Gasteiger partial charge is 0.486 e. The fourth-order valence-electron chi connectivity index (χ4n) is 2.67. The number of carbonyl (C=O) groups is 1. The van der Waals surface area contributed by atoms with E-state index in [9.17, 15) is 9.18 Å². The summed E-state index contributed by atoms with van der Waals surface area (Å²) in [7, 11) is 1.73. The first-order valence-electron chi connectivity index (χ1n) is 8.24. The van der Waals surface area contributed by atoms with Crippen LogP contribution in [0.2, 0.25) is 0 Å². The summed E-state index contributed by atoms with van der Waals surface area (Å²) in [5.41, 5.74) is 1.82. The van der Waals surface area contributed by atoms with Crippen LogP contribution in [-0.4, -0.2) is 37.7 Å². The molecule has 0 aliphatic carbocycles. The van der Waals surface area contributed by atoms with Crippen LogP contribution in [0.1, 0.15) is 11.1 Å². The van der Waals surface area contributed by atoms with Crippen LogP contribution >= 0.6 is 0 Å². The summed E-state index contributed by atoms with van der Waals surface area (Å²) in [5, 5.41) is 2.84. The number of amides is 2. The summed E-state index contributed by atoms with van der Waals surface area (Å²) in [5.74, 6) is 1.18. The van der Waals surface area contributed by atoms with E-state index in [4.69, 9.17) is 9.47 Å². The molecule has 2 aromatic carbocycles. The van der Waals surface area contributed by atoms with Gasteiger partial charge < -0.3 is 19.7 Å². The number of nitrogens with zero attached hydrogens (tertiary/aromatic N) is 1. The molecule has 0 atom stereocenters. The van der Waals surface area contributed by atoms with E-state index in [2.05, 4.69) is 5.32 Å². The Balaban J connectivity index is 1.49. The number of rotatable bonds is 5. The van der Waals surface area contributed by atoms with Crippen molar-refractivity contribution in [3.8, 4) is 11.5 Å². The lowest BCUT2D eigenvalue weighted by Crippen LogP contribution is -2.37. The summed E-state index contributed by atoms with van der Waals surface area (Å²) in [4.78, 5) is 13.8. The number of urea groups is 1. The highest BCUT2D eigenvalue weighted by molar-refractivity contribution is 5.73. The molecule has 25 heavy (non-hydrogen) atoms. The number of hydrogen-bond acceptors (Lipinski definition) is 3. The zero-order valence-corrected chi connectivity index (χ0v) is 14.1. The van der Waals surface area contributed by atoms with Crippen LogP contribution in [0.25, 0.3) is 0 Å². The molecular weight excluding hydrogens is 323 g/mol. The number of ether oxygens (including phenoxy) is 2. The van der Waals surface area contributed by atoms with Crippen LogP contribution in [-0.2, 0) is 13.0 Å². The van der Waals surface area contributed by atoms with Gasteiger partial charge in [0.2, 0.25) is 0 Å². The Kier molecular flexibility index (Phi) is 5.38. The zero-order chi connectivity index (χ0) is 17.6. The van der Waals surface area contributed by atoms with Crippen molar-refractivity contribution in [3.63, 3.8) is 0 Å². The first-order valence-corrected chi connectivity index (χ1v) is 8.24. The van der Waals surface area contributed by atoms with Gasteiger partial charge in [0, 0.05) is 20.1 Å². The van der Waals surface area contributed by atoms with Crippen LogP contribution in [0.4, 0.5) is 9.18 Å². The molecule has 1 heterocycles. The van der Waals surface area contributed by atoms with Crippen molar-refractivity contribution in [1.82, 2.24) is 10.2 Å². The van der Waals surface area contributed by atoms with Crippen molar-refractivity contribution in [3.05, 3.63) is 59.4 Å². The van der Waals surface area contributed by atoms with Crippen LogP contribution in [0.5, 0.6) is 11.5 Å². The maximum atomic E-state index is 13.1. The zero-order valence-electron chi connectivity index (χ0n) is 14.1. The normalized spacial score (nSPS) is 12.6. The van der Waals surface area contributed by atoms with Crippen LogP contribution in [0.15, 0.2) is 42.5 Å². The van der Waals surface area contributed by atoms with Gasteiger partial charge in [-0.1, -0.05) is 18.2 Å². The Hall–Kier alpha value is -2.76. The summed E-state index contributed by atoms with van der Waals surface area (Å²) < 4.78 is 24.2. The van der Waals surface area contributed by atoms with Gasteiger partial charge in [-0.25, -0.2) is 9.18 Å². The van der Waals surface area contributed by atoms with Gasteiger partial charge in [-0.3, -0.25) is 0 Å². The summed E-state index contributed by atoms with van der Waals surface area (Å²) in [6, 6.07) is 11.9. The second-order valence-corrected chi connectivity index (χ2v) is 5.95. The molecule has 2 aromatic rings. The van der Waals surface area contributed by atoms with Crippen LogP contribution in [0.3, 0.4) is 0 Å². The van der Waals surface area contributed by atoms with E-state index in [0.29, 0.717) is 38.5 Å². The minimum Gasteiger partial charge on any atom is -0.486 e. The molecular formula is C19H21FN2O3. The molecule has 1 aliphatic heterocycles. The van der Waals surface area contributed by atoms with E-state index in [1.165, 1.54) is 12.1 Å². The minimum absolute atomic E-state index is 0.175. The molecule has 0 saturated heterocycles. The molecule has 1 N–H and O–H groups in total. The van der Waals surface area contributed by atoms with E-state index >= 15 is 0 Å². The lowest BCUT2D eigenvalue weighted by molar-refractivity contribution is 0.171. The number of benzene rings is 2. The van der Waals surface area contributed by atoms with E-state index in [0.717, 1.165) is 16.9 Å². The van der Waals surface area contributed by atoms with Crippen LogP contribution < -0.4 is 14.8 Å². The number of fused-ring (bicyclic) bond motifs is 1. The third-order valence-corrected chi connectivity index (χ3v) is 3.95. The number of nitrogens with one attached hydrogen (secondary N) is 1. The number of hydrogen-bond donors (Lipinski definition) is 1. The first kappa shape index (κ1) is 17.1. The van der Waals surface area contributed by atoms with Gasteiger partial charge in [0.1, 0.15) is 19.0 Å². The molecule has 0 unspecified atom stereocenters. The van der Waals surface area contributed by atoms with Gasteiger partial charge in [0.25, 0.3) is 0 Å². The van der Waals surface area contributed by atoms with E-state index < -0.39 is 0 Å². The van der Waals surface area contributed by atoms with Crippen LogP contribution in [0, 0.1) is 5.82 Å². The minimum atomic E-state index is -0.264. The molecule has 1 aliphatic rings. The second-order valence-electron chi connectivity index (χ2n) is 5.95. The van der Waals surface area contributed by atoms with Gasteiger partial charge >= 0.3 is 6.03 Å². The quantitative estimate of drug-likeness (QED) is 0.907. The number of halogens is 1. The monoisotopic (exact) mass is 344 g/mol. The lowest BCUT2D eigenvalue weighted by Gasteiger charge is -2.21. The van der Waals surface area contributed by atoms with Gasteiger partial charge in [-0.2, -0.15) is 0 Å². The molecule has 0 saturated carbocycles. The van der Waals surface area contributed by atoms with Crippen molar-refractivity contribution in [2.75, 3.05) is 26.8 Å². The summed E-state index contributed by atoms with van der Waals surface area (Å²) in [6.45, 7) is 2.00. The summed E-state index contributed by atoms with van der Waals surface area (Å²) >= 11 is 0. The predicted octanol–water partition coefficient (Wildman–Crippen LogP) is 2.98. The Morgan fingerprint density at radius 1 is 1.12 bits per heavy atom. The lowest BCUT2D eigenvalue weighted by atomic mass is 10.1. The summed E-state index contributed by atoms with van der Waals surface area (Å²) in [6.07, 6.45) is 0.585. The molecule has 0 aromatic heterocycles. The topological polar surface area (TPSA) is 50.8 Å². The van der Waals surface area contributed by atoms with Gasteiger partial charge in [0.05, 0.1) is 0 Å². The van der Waals surface area contributed by atoms with Crippen molar-refractivity contribution in [2.24, 2.45) is 0 Å². The fraction of sp³-hybridized carbons (Fsp3) is 0.316. The van der Waals surface area contributed by atoms with Crippen molar-refractivity contribution < 1.29 is 18.7 Å². The second kappa shape index (κ2) is 7.88. The molecule has 0 radical (unpaired) electrons. The van der Waals surface area contributed by atoms with Gasteiger partial charge in [-0.15, -0.1) is 0 Å². The average Bonchev–Trinajstić information content (AvgIpc) is 2.61. The Labute approximate surface area is 146 Å². The highest BCUT2D eigenvalue weighted by Crippen LogP contribution is 2.30. The third-order valence-electron chi connectivity index (χ3n) is 3.95. The maximum absolute atomic E-state index is 13.1. The Morgan fingerprint density at radius 2 is 1.92 bits per heavy atom. The average molecular weight is 344 g/mol. The maximum Gasteiger partial charge on any atom is 0.317 e. The molecule has 5 nitrogen and oxygen atoms in total. The van der Waals surface area contributed by atoms with Gasteiger partial charge in [0.15, 0.2) is 11.5 Å². The molecule has 0 fully saturated rings. The van der Waals surface area contributed by atoms with E-state index in [1.54, 1.807) is 18.0 Å². The Bertz CT molecular complexity index is 751. The highest BCUT2D eigenvalue weighted by Gasteiger charge is 2.14. The molecule has 6 heteroatoms. The molecule has 0 bridgehead atoms. The van der Waals surface area contributed by atoms with Gasteiger partial charge in [-0.05, 0) is 41.8 Å². The molecule has 2 amide bonds. The number of carbonyl (C=O) groups excluding carboxylic acids is 1. The van der Waals surface area contributed by atoms with Crippen molar-refractivity contribution >= 4 is 6.03 Å².